The summed E-state index contributed by atoms with van der Waals surface area (Å²) in [4.78, 5) is 22.5. The highest BCUT2D eigenvalue weighted by molar-refractivity contribution is 7.87. The third kappa shape index (κ3) is 2.44. The molecular formula is C6H9N3O5S. The van der Waals surface area contributed by atoms with Crippen molar-refractivity contribution in [2.45, 2.75) is 0 Å². The largest absolute Gasteiger partial charge is 0.357 e. The van der Waals surface area contributed by atoms with Gasteiger partial charge in [0.1, 0.15) is 5.69 Å². The van der Waals surface area contributed by atoms with E-state index >= 15 is 0 Å². The highest BCUT2D eigenvalue weighted by Crippen LogP contribution is 1.97. The maximum absolute atomic E-state index is 11.3. The first-order valence-electron chi connectivity index (χ1n) is 3.74. The maximum atomic E-state index is 11.3. The molecule has 1 rings (SSSR count). The summed E-state index contributed by atoms with van der Waals surface area (Å²) in [5.41, 5.74) is -1.83. The second kappa shape index (κ2) is 3.51. The van der Waals surface area contributed by atoms with Gasteiger partial charge in [-0.05, 0) is 0 Å². The van der Waals surface area contributed by atoms with E-state index in [9.17, 15) is 18.0 Å². The molecular weight excluding hydrogens is 226 g/mol. The molecule has 0 aliphatic rings. The Balaban J connectivity index is 3.47. The first-order chi connectivity index (χ1) is 6.72. The minimum absolute atomic E-state index is 0.401. The molecule has 1 aromatic heterocycles. The summed E-state index contributed by atoms with van der Waals surface area (Å²) >= 11 is 0. The molecule has 1 heterocycles. The average Bonchev–Trinajstić information content (AvgIpc) is 2.08. The van der Waals surface area contributed by atoms with Gasteiger partial charge in [-0.2, -0.15) is 8.42 Å². The van der Waals surface area contributed by atoms with E-state index in [1.165, 1.54) is 14.1 Å². The van der Waals surface area contributed by atoms with Crippen molar-refractivity contribution in [2.75, 3.05) is 4.72 Å². The van der Waals surface area contributed by atoms with Crippen LogP contribution in [-0.4, -0.2) is 22.1 Å². The zero-order valence-corrected chi connectivity index (χ0v) is 8.78. The number of aryl methyl sites for hydroxylation is 1. The van der Waals surface area contributed by atoms with Crippen molar-refractivity contribution in [3.8, 4) is 0 Å². The zero-order valence-electron chi connectivity index (χ0n) is 7.96. The van der Waals surface area contributed by atoms with E-state index in [0.29, 0.717) is 4.57 Å². The predicted octanol–water partition coefficient (Wildman–Crippen LogP) is -1.70. The number of anilines is 1. The smallest absolute Gasteiger partial charge is 0.301 e. The second-order valence-electron chi connectivity index (χ2n) is 2.88. The predicted molar refractivity (Wildman–Crippen MR) is 52.1 cm³/mol. The molecule has 0 radical (unpaired) electrons. The molecule has 0 atom stereocenters. The van der Waals surface area contributed by atoms with E-state index in [-0.39, 0.29) is 0 Å². The van der Waals surface area contributed by atoms with Crippen molar-refractivity contribution >= 4 is 16.0 Å². The lowest BCUT2D eigenvalue weighted by molar-refractivity contribution is 0.489. The van der Waals surface area contributed by atoms with Gasteiger partial charge < -0.3 is 4.57 Å². The Hall–Kier alpha value is -1.61. The number of nitrogens with zero attached hydrogens (tertiary/aromatic N) is 2. The highest BCUT2D eigenvalue weighted by Gasteiger charge is 2.11. The molecule has 0 saturated carbocycles. The van der Waals surface area contributed by atoms with Crippen molar-refractivity contribution in [1.29, 1.82) is 0 Å². The number of hydrogen-bond donors (Lipinski definition) is 2. The molecule has 8 nitrogen and oxygen atoms in total. The molecule has 0 aliphatic carbocycles. The average molecular weight is 235 g/mol. The van der Waals surface area contributed by atoms with Gasteiger partial charge in [-0.15, -0.1) is 0 Å². The normalized spacial score (nSPS) is 11.4. The second-order valence-corrected chi connectivity index (χ2v) is 4.03. The third-order valence-electron chi connectivity index (χ3n) is 1.69. The number of hydrogen-bond acceptors (Lipinski definition) is 4. The van der Waals surface area contributed by atoms with E-state index < -0.39 is 27.2 Å². The number of aromatic nitrogens is 2. The van der Waals surface area contributed by atoms with Gasteiger partial charge in [-0.1, -0.05) is 0 Å². The van der Waals surface area contributed by atoms with Crippen molar-refractivity contribution in [2.24, 2.45) is 14.1 Å². The SMILES string of the molecule is Cn1cc(NS(=O)(=O)O)c(=O)n(C)c1=O. The molecule has 0 aliphatic heterocycles. The van der Waals surface area contributed by atoms with Crippen LogP contribution in [0.4, 0.5) is 5.69 Å². The molecule has 0 fully saturated rings. The summed E-state index contributed by atoms with van der Waals surface area (Å²) in [5.74, 6) is 0. The summed E-state index contributed by atoms with van der Waals surface area (Å²) in [7, 11) is -1.99. The Morgan fingerprint density at radius 2 is 1.87 bits per heavy atom. The van der Waals surface area contributed by atoms with E-state index in [1.54, 1.807) is 4.72 Å². The Labute approximate surface area is 84.7 Å². The lowest BCUT2D eigenvalue weighted by atomic mass is 10.5. The van der Waals surface area contributed by atoms with Crippen molar-refractivity contribution in [1.82, 2.24) is 9.13 Å². The van der Waals surface area contributed by atoms with Crippen molar-refractivity contribution in [3.05, 3.63) is 27.0 Å². The van der Waals surface area contributed by atoms with Crippen LogP contribution >= 0.6 is 0 Å². The molecule has 0 saturated heterocycles. The van der Waals surface area contributed by atoms with Gasteiger partial charge in [-0.3, -0.25) is 18.6 Å². The first-order valence-corrected chi connectivity index (χ1v) is 5.18. The molecule has 15 heavy (non-hydrogen) atoms. The minimum atomic E-state index is -4.52. The third-order valence-corrected chi connectivity index (χ3v) is 2.16. The van der Waals surface area contributed by atoms with Crippen LogP contribution in [0.5, 0.6) is 0 Å². The van der Waals surface area contributed by atoms with Gasteiger partial charge in [0, 0.05) is 20.3 Å². The number of rotatable bonds is 2. The Kier molecular flexibility index (Phi) is 2.69. The van der Waals surface area contributed by atoms with E-state index in [1.807, 2.05) is 0 Å². The molecule has 1 aromatic rings. The van der Waals surface area contributed by atoms with Crippen LogP contribution in [0.3, 0.4) is 0 Å². The summed E-state index contributed by atoms with van der Waals surface area (Å²) in [6.45, 7) is 0. The highest BCUT2D eigenvalue weighted by atomic mass is 32.2. The molecule has 0 spiro atoms. The maximum Gasteiger partial charge on any atom is 0.357 e. The zero-order chi connectivity index (χ0) is 11.8. The molecule has 0 amide bonds. The van der Waals surface area contributed by atoms with Crippen LogP contribution in [0.15, 0.2) is 15.8 Å². The van der Waals surface area contributed by atoms with Crippen LogP contribution in [0, 0.1) is 0 Å². The summed E-state index contributed by atoms with van der Waals surface area (Å²) in [5, 5.41) is 0. The van der Waals surface area contributed by atoms with Gasteiger partial charge in [0.05, 0.1) is 0 Å². The van der Waals surface area contributed by atoms with Gasteiger partial charge in [0.15, 0.2) is 0 Å². The lowest BCUT2D eigenvalue weighted by Crippen LogP contribution is -2.38. The van der Waals surface area contributed by atoms with Crippen LogP contribution in [0.1, 0.15) is 0 Å². The first kappa shape index (κ1) is 11.5. The fraction of sp³-hybridized carbons (Fsp3) is 0.333. The molecule has 2 N–H and O–H groups in total. The topological polar surface area (TPSA) is 110 Å². The monoisotopic (exact) mass is 235 g/mol. The summed E-state index contributed by atoms with van der Waals surface area (Å²) in [6.07, 6.45) is 0.985. The fourth-order valence-corrected chi connectivity index (χ4v) is 1.44. The number of nitrogens with one attached hydrogen (secondary N) is 1. The standard InChI is InChI=1S/C6H9N3O5S/c1-8-3-4(7-15(12,13)14)5(10)9(2)6(8)11/h3,7H,1-2H3,(H,12,13,14). The van der Waals surface area contributed by atoms with Crippen LogP contribution in [0.25, 0.3) is 0 Å². The van der Waals surface area contributed by atoms with Crippen molar-refractivity contribution in [3.63, 3.8) is 0 Å². The molecule has 0 unspecified atom stereocenters. The van der Waals surface area contributed by atoms with Crippen molar-refractivity contribution < 1.29 is 13.0 Å². The van der Waals surface area contributed by atoms with E-state index in [2.05, 4.69) is 0 Å². The Morgan fingerprint density at radius 3 is 2.33 bits per heavy atom. The van der Waals surface area contributed by atoms with Gasteiger partial charge in [0.2, 0.25) is 0 Å². The molecule has 0 bridgehead atoms. The lowest BCUT2D eigenvalue weighted by Gasteiger charge is -2.06. The fourth-order valence-electron chi connectivity index (χ4n) is 1.02. The Morgan fingerprint density at radius 1 is 1.33 bits per heavy atom. The quantitative estimate of drug-likeness (QED) is 0.593. The van der Waals surface area contributed by atoms with Crippen LogP contribution in [-0.2, 0) is 24.4 Å². The van der Waals surface area contributed by atoms with Gasteiger partial charge in [-0.25, -0.2) is 4.79 Å². The summed E-state index contributed by atoms with van der Waals surface area (Å²) < 4.78 is 32.7. The molecule has 9 heteroatoms. The summed E-state index contributed by atoms with van der Waals surface area (Å²) in [6, 6.07) is 0. The Bertz CT molecular complexity index is 596. The van der Waals surface area contributed by atoms with E-state index in [0.717, 1.165) is 10.8 Å². The molecule has 0 aromatic carbocycles. The molecule has 84 valence electrons. The minimum Gasteiger partial charge on any atom is -0.301 e. The van der Waals surface area contributed by atoms with Crippen LogP contribution in [0.2, 0.25) is 0 Å². The van der Waals surface area contributed by atoms with Gasteiger partial charge in [0.25, 0.3) is 5.56 Å². The van der Waals surface area contributed by atoms with Gasteiger partial charge >= 0.3 is 16.0 Å². The van der Waals surface area contributed by atoms with Crippen LogP contribution < -0.4 is 16.0 Å². The van der Waals surface area contributed by atoms with E-state index in [4.69, 9.17) is 4.55 Å².